The molecule has 0 unspecified atom stereocenters. The first-order valence-electron chi connectivity index (χ1n) is 2.86. The van der Waals surface area contributed by atoms with Gasteiger partial charge in [0.1, 0.15) is 10.8 Å². The van der Waals surface area contributed by atoms with E-state index >= 15 is 0 Å². The number of thiocarbonyl (C=S) groups is 1. The summed E-state index contributed by atoms with van der Waals surface area (Å²) in [6.45, 7) is 0. The maximum Gasteiger partial charge on any atom is 0.134 e. The van der Waals surface area contributed by atoms with Gasteiger partial charge in [0.05, 0.1) is 0 Å². The van der Waals surface area contributed by atoms with Gasteiger partial charge in [-0.15, -0.1) is 0 Å². The van der Waals surface area contributed by atoms with Crippen molar-refractivity contribution < 1.29 is 4.39 Å². The maximum absolute atomic E-state index is 12.9. The van der Waals surface area contributed by atoms with Crippen LogP contribution in [0.5, 0.6) is 0 Å². The molecule has 58 valence electrons. The SMILES string of the molecule is NC(=S)c1ccc(Br)cc1F. The molecule has 0 saturated carbocycles. The normalized spacial score (nSPS) is 9.64. The molecule has 0 aliphatic carbocycles. The molecule has 0 spiro atoms. The van der Waals surface area contributed by atoms with Gasteiger partial charge in [-0.25, -0.2) is 4.39 Å². The number of halogens is 2. The Morgan fingerprint density at radius 3 is 2.64 bits per heavy atom. The average molecular weight is 234 g/mol. The second kappa shape index (κ2) is 3.28. The Morgan fingerprint density at radius 2 is 2.18 bits per heavy atom. The van der Waals surface area contributed by atoms with Crippen LogP contribution in [0.15, 0.2) is 22.7 Å². The first kappa shape index (κ1) is 8.62. The first-order chi connectivity index (χ1) is 5.11. The highest BCUT2D eigenvalue weighted by Crippen LogP contribution is 2.14. The molecule has 11 heavy (non-hydrogen) atoms. The van der Waals surface area contributed by atoms with Crippen LogP contribution < -0.4 is 5.73 Å². The Balaban J connectivity index is 3.20. The Labute approximate surface area is 77.5 Å². The lowest BCUT2D eigenvalue weighted by Crippen LogP contribution is -2.11. The molecule has 0 aliphatic rings. The summed E-state index contributed by atoms with van der Waals surface area (Å²) < 4.78 is 13.6. The third kappa shape index (κ3) is 1.97. The fourth-order valence-corrected chi connectivity index (χ4v) is 1.19. The zero-order valence-electron chi connectivity index (χ0n) is 5.47. The van der Waals surface area contributed by atoms with Crippen LogP contribution in [0.1, 0.15) is 5.56 Å². The molecule has 0 amide bonds. The largest absolute Gasteiger partial charge is 0.389 e. The number of benzene rings is 1. The van der Waals surface area contributed by atoms with E-state index in [1.807, 2.05) is 0 Å². The molecule has 1 rings (SSSR count). The highest BCUT2D eigenvalue weighted by Gasteiger charge is 2.03. The Kier molecular flexibility index (Phi) is 2.57. The van der Waals surface area contributed by atoms with Crippen LogP contribution in [0.4, 0.5) is 4.39 Å². The van der Waals surface area contributed by atoms with E-state index in [0.717, 1.165) is 0 Å². The molecule has 0 bridgehead atoms. The summed E-state index contributed by atoms with van der Waals surface area (Å²) in [6.07, 6.45) is 0. The Bertz CT molecular complexity index is 300. The van der Waals surface area contributed by atoms with Crippen LogP contribution in [-0.2, 0) is 0 Å². The molecule has 4 heteroatoms. The van der Waals surface area contributed by atoms with Crippen LogP contribution in [0.2, 0.25) is 0 Å². The minimum atomic E-state index is -0.396. The summed E-state index contributed by atoms with van der Waals surface area (Å²) in [5.41, 5.74) is 5.52. The van der Waals surface area contributed by atoms with Gasteiger partial charge in [0.15, 0.2) is 0 Å². The quantitative estimate of drug-likeness (QED) is 0.754. The van der Waals surface area contributed by atoms with Crippen molar-refractivity contribution in [1.82, 2.24) is 0 Å². The average Bonchev–Trinajstić information content (AvgIpc) is 1.85. The Morgan fingerprint density at radius 1 is 1.55 bits per heavy atom. The standard InChI is InChI=1S/C7H5BrFNS/c8-4-1-2-5(7(10)11)6(9)3-4/h1-3H,(H2,10,11). The van der Waals surface area contributed by atoms with Gasteiger partial charge in [0, 0.05) is 10.0 Å². The third-order valence-corrected chi connectivity index (χ3v) is 1.91. The summed E-state index contributed by atoms with van der Waals surface area (Å²) in [5.74, 6) is -0.396. The molecule has 1 aromatic carbocycles. The van der Waals surface area contributed by atoms with Crippen molar-refractivity contribution >= 4 is 33.1 Å². The van der Waals surface area contributed by atoms with Gasteiger partial charge in [0.2, 0.25) is 0 Å². The molecule has 0 fully saturated rings. The van der Waals surface area contributed by atoms with Crippen LogP contribution in [0.3, 0.4) is 0 Å². The van der Waals surface area contributed by atoms with Gasteiger partial charge in [-0.1, -0.05) is 28.1 Å². The van der Waals surface area contributed by atoms with Gasteiger partial charge in [-0.3, -0.25) is 0 Å². The predicted octanol–water partition coefficient (Wildman–Crippen LogP) is 2.22. The van der Waals surface area contributed by atoms with E-state index < -0.39 is 5.82 Å². The molecular weight excluding hydrogens is 229 g/mol. The van der Waals surface area contributed by atoms with Crippen molar-refractivity contribution in [2.75, 3.05) is 0 Å². The van der Waals surface area contributed by atoms with Crippen molar-refractivity contribution in [2.24, 2.45) is 5.73 Å². The fourth-order valence-electron chi connectivity index (χ4n) is 0.689. The Hall–Kier alpha value is -0.480. The van der Waals surface area contributed by atoms with Crippen LogP contribution in [0.25, 0.3) is 0 Å². The molecule has 0 atom stereocenters. The van der Waals surface area contributed by atoms with E-state index in [1.54, 1.807) is 12.1 Å². The summed E-state index contributed by atoms with van der Waals surface area (Å²) in [6, 6.07) is 4.56. The van der Waals surface area contributed by atoms with Crippen LogP contribution in [-0.4, -0.2) is 4.99 Å². The molecule has 1 nitrogen and oxygen atoms in total. The topological polar surface area (TPSA) is 26.0 Å². The number of rotatable bonds is 1. The van der Waals surface area contributed by atoms with Gasteiger partial charge in [-0.2, -0.15) is 0 Å². The molecule has 0 heterocycles. The van der Waals surface area contributed by atoms with Crippen molar-refractivity contribution in [3.8, 4) is 0 Å². The molecule has 2 N–H and O–H groups in total. The smallest absolute Gasteiger partial charge is 0.134 e. The number of hydrogen-bond acceptors (Lipinski definition) is 1. The van der Waals surface area contributed by atoms with Gasteiger partial charge in [-0.05, 0) is 18.2 Å². The lowest BCUT2D eigenvalue weighted by atomic mass is 10.2. The summed E-state index contributed by atoms with van der Waals surface area (Å²) >= 11 is 7.74. The fraction of sp³-hybridized carbons (Fsp3) is 0. The van der Waals surface area contributed by atoms with E-state index in [-0.39, 0.29) is 10.6 Å². The first-order valence-corrected chi connectivity index (χ1v) is 4.06. The second-order valence-corrected chi connectivity index (χ2v) is 3.34. The van der Waals surface area contributed by atoms with E-state index in [2.05, 4.69) is 28.1 Å². The van der Waals surface area contributed by atoms with Gasteiger partial charge in [0.25, 0.3) is 0 Å². The zero-order valence-corrected chi connectivity index (χ0v) is 7.88. The van der Waals surface area contributed by atoms with Gasteiger partial charge >= 0.3 is 0 Å². The van der Waals surface area contributed by atoms with Crippen LogP contribution in [0, 0.1) is 5.82 Å². The highest BCUT2D eigenvalue weighted by atomic mass is 79.9. The summed E-state index contributed by atoms with van der Waals surface area (Å²) in [5, 5.41) is 0. The number of hydrogen-bond donors (Lipinski definition) is 1. The van der Waals surface area contributed by atoms with Crippen molar-refractivity contribution in [3.63, 3.8) is 0 Å². The van der Waals surface area contributed by atoms with E-state index in [9.17, 15) is 4.39 Å². The second-order valence-electron chi connectivity index (χ2n) is 1.99. The summed E-state index contributed by atoms with van der Waals surface area (Å²) in [7, 11) is 0. The third-order valence-electron chi connectivity index (χ3n) is 1.20. The summed E-state index contributed by atoms with van der Waals surface area (Å²) in [4.78, 5) is 0.0787. The minimum Gasteiger partial charge on any atom is -0.389 e. The predicted molar refractivity (Wildman–Crippen MR) is 50.0 cm³/mol. The molecule has 0 saturated heterocycles. The molecule has 0 radical (unpaired) electrons. The van der Waals surface area contributed by atoms with Gasteiger partial charge < -0.3 is 5.73 Å². The minimum absolute atomic E-state index is 0.0787. The number of nitrogens with two attached hydrogens (primary N) is 1. The highest BCUT2D eigenvalue weighted by molar-refractivity contribution is 9.10. The van der Waals surface area contributed by atoms with Crippen molar-refractivity contribution in [2.45, 2.75) is 0 Å². The van der Waals surface area contributed by atoms with E-state index in [4.69, 9.17) is 5.73 Å². The lowest BCUT2D eigenvalue weighted by molar-refractivity contribution is 0.624. The van der Waals surface area contributed by atoms with E-state index in [1.165, 1.54) is 6.07 Å². The van der Waals surface area contributed by atoms with E-state index in [0.29, 0.717) is 4.47 Å². The van der Waals surface area contributed by atoms with Crippen molar-refractivity contribution in [1.29, 1.82) is 0 Å². The van der Waals surface area contributed by atoms with Crippen LogP contribution >= 0.6 is 28.1 Å². The molecule has 0 aromatic heterocycles. The van der Waals surface area contributed by atoms with Crippen molar-refractivity contribution in [3.05, 3.63) is 34.1 Å². The lowest BCUT2D eigenvalue weighted by Gasteiger charge is -1.99. The zero-order chi connectivity index (χ0) is 8.43. The molecule has 1 aromatic rings. The molecule has 0 aliphatic heterocycles. The monoisotopic (exact) mass is 233 g/mol. The maximum atomic E-state index is 12.9. The molecular formula is C7H5BrFNS.